The zero-order valence-corrected chi connectivity index (χ0v) is 21.7. The third-order valence-corrected chi connectivity index (χ3v) is 11.4. The number of nitrogens with zero attached hydrogens (tertiary/aromatic N) is 4. The Hall–Kier alpha value is -1.95. The van der Waals surface area contributed by atoms with E-state index in [1.807, 2.05) is 4.90 Å². The summed E-state index contributed by atoms with van der Waals surface area (Å²) in [4.78, 5) is 30.7. The maximum Gasteiger partial charge on any atom is 0.410 e. The van der Waals surface area contributed by atoms with Crippen LogP contribution >= 0.6 is 0 Å². The second-order valence-corrected chi connectivity index (χ2v) is 12.5. The van der Waals surface area contributed by atoms with Crippen molar-refractivity contribution in [3.05, 3.63) is 10.4 Å². The van der Waals surface area contributed by atoms with E-state index in [0.29, 0.717) is 17.8 Å². The van der Waals surface area contributed by atoms with E-state index in [4.69, 9.17) is 9.47 Å². The van der Waals surface area contributed by atoms with Crippen LogP contribution in [0.15, 0.2) is 5.11 Å². The van der Waals surface area contributed by atoms with Gasteiger partial charge in [0.2, 0.25) is 0 Å². The molecule has 1 saturated heterocycles. The van der Waals surface area contributed by atoms with Gasteiger partial charge in [0, 0.05) is 18.0 Å². The van der Waals surface area contributed by atoms with Crippen molar-refractivity contribution in [1.29, 1.82) is 0 Å². The predicted molar refractivity (Wildman–Crippen MR) is 131 cm³/mol. The lowest BCUT2D eigenvalue weighted by atomic mass is 9.42. The number of hydrogen-bond donors (Lipinski definition) is 0. The van der Waals surface area contributed by atoms with E-state index in [9.17, 15) is 15.1 Å². The van der Waals surface area contributed by atoms with E-state index in [-0.39, 0.29) is 34.9 Å². The van der Waals surface area contributed by atoms with Crippen LogP contribution in [-0.2, 0) is 14.3 Å². The molecule has 0 spiro atoms. The number of ether oxygens (including phenoxy) is 2. The summed E-state index contributed by atoms with van der Waals surface area (Å²) >= 11 is 0. The lowest BCUT2D eigenvalue weighted by Gasteiger charge is -2.63. The Bertz CT molecular complexity index is 900. The third-order valence-electron chi connectivity index (χ3n) is 11.4. The van der Waals surface area contributed by atoms with E-state index in [0.717, 1.165) is 83.7 Å². The average molecular weight is 487 g/mol. The van der Waals surface area contributed by atoms with Crippen molar-refractivity contribution >= 4 is 12.1 Å². The van der Waals surface area contributed by atoms with Crippen LogP contribution < -0.4 is 0 Å². The smallest absolute Gasteiger partial charge is 0.410 e. The van der Waals surface area contributed by atoms with Crippen molar-refractivity contribution in [2.75, 3.05) is 20.2 Å². The fraction of sp³-hybridized carbons (Fsp3) is 0.926. The van der Waals surface area contributed by atoms with Gasteiger partial charge < -0.3 is 14.4 Å². The zero-order valence-electron chi connectivity index (χ0n) is 21.7. The number of likely N-dealkylation sites (tertiary alicyclic amines) is 1. The molecule has 4 saturated carbocycles. The Kier molecular flexibility index (Phi) is 6.48. The molecule has 0 bridgehead atoms. The molecular weight excluding hydrogens is 444 g/mol. The van der Waals surface area contributed by atoms with Crippen LogP contribution in [0.4, 0.5) is 4.79 Å². The van der Waals surface area contributed by atoms with Gasteiger partial charge in [0.05, 0.1) is 18.6 Å². The first kappa shape index (κ1) is 24.7. The molecule has 1 heterocycles. The van der Waals surface area contributed by atoms with Crippen LogP contribution in [0.25, 0.3) is 10.4 Å². The van der Waals surface area contributed by atoms with Crippen molar-refractivity contribution in [3.8, 4) is 0 Å². The highest BCUT2D eigenvalue weighted by Crippen LogP contribution is 2.70. The predicted octanol–water partition coefficient (Wildman–Crippen LogP) is 6.24. The second kappa shape index (κ2) is 9.17. The summed E-state index contributed by atoms with van der Waals surface area (Å²) in [5.74, 6) is 0.920. The van der Waals surface area contributed by atoms with Crippen LogP contribution in [-0.4, -0.2) is 48.8 Å². The Labute approximate surface area is 209 Å². The minimum Gasteiger partial charge on any atom is -0.469 e. The van der Waals surface area contributed by atoms with E-state index >= 15 is 0 Å². The summed E-state index contributed by atoms with van der Waals surface area (Å²) in [7, 11) is 1.47. The number of amides is 1. The Morgan fingerprint density at radius 1 is 0.971 bits per heavy atom. The molecule has 8 heteroatoms. The molecule has 8 nitrogen and oxygen atoms in total. The first-order chi connectivity index (χ1) is 16.8. The number of azide groups is 1. The average Bonchev–Trinajstić information content (AvgIpc) is 3.17. The fourth-order valence-electron chi connectivity index (χ4n) is 9.42. The lowest BCUT2D eigenvalue weighted by Crippen LogP contribution is -2.62. The highest BCUT2D eigenvalue weighted by atomic mass is 16.6. The van der Waals surface area contributed by atoms with Crippen LogP contribution in [0.3, 0.4) is 0 Å². The highest BCUT2D eigenvalue weighted by Gasteiger charge is 2.68. The van der Waals surface area contributed by atoms with Gasteiger partial charge in [-0.3, -0.25) is 4.79 Å². The molecule has 5 rings (SSSR count). The summed E-state index contributed by atoms with van der Waals surface area (Å²) in [6.45, 7) is 6.26. The molecule has 0 aromatic rings. The first-order valence-electron chi connectivity index (χ1n) is 13.9. The molecule has 35 heavy (non-hydrogen) atoms. The summed E-state index contributed by atoms with van der Waals surface area (Å²) in [6.07, 6.45) is 11.7. The van der Waals surface area contributed by atoms with Gasteiger partial charge in [-0.15, -0.1) is 0 Å². The molecule has 1 amide bonds. The standard InChI is InChI=1S/C27H42N4O4/c1-25-12-9-19(35-24(33)31-15-5-4-6-16-31)17-18(25)7-8-21-20(25)10-13-26(2)22(23(32)34-3)11-14-27(21,26)29-30-28/h18-22H,4-17H2,1-3H3/t18-,19+,20+,21-,22-,25+,26-,27+/m1/s1. The number of carbonyl (C=O) groups excluding carboxylic acids is 2. The van der Waals surface area contributed by atoms with Gasteiger partial charge in [-0.25, -0.2) is 4.79 Å². The van der Waals surface area contributed by atoms with Crippen LogP contribution in [0.1, 0.15) is 90.9 Å². The number of esters is 1. The van der Waals surface area contributed by atoms with Gasteiger partial charge >= 0.3 is 12.1 Å². The lowest BCUT2D eigenvalue weighted by molar-refractivity contribution is -0.160. The monoisotopic (exact) mass is 486 g/mol. The Balaban J connectivity index is 1.34. The third kappa shape index (κ3) is 3.73. The molecule has 8 atom stereocenters. The molecule has 0 aromatic carbocycles. The summed E-state index contributed by atoms with van der Waals surface area (Å²) in [5, 5.41) is 4.57. The fourth-order valence-corrected chi connectivity index (χ4v) is 9.42. The number of fused-ring (bicyclic) bond motifs is 5. The van der Waals surface area contributed by atoms with Gasteiger partial charge in [0.1, 0.15) is 6.10 Å². The summed E-state index contributed by atoms with van der Waals surface area (Å²) < 4.78 is 11.2. The Morgan fingerprint density at radius 3 is 2.46 bits per heavy atom. The number of rotatable bonds is 3. The molecule has 0 radical (unpaired) electrons. The van der Waals surface area contributed by atoms with E-state index in [1.54, 1.807) is 0 Å². The summed E-state index contributed by atoms with van der Waals surface area (Å²) in [5.41, 5.74) is 8.94. The molecular formula is C27H42N4O4. The van der Waals surface area contributed by atoms with Gasteiger partial charge in [-0.2, -0.15) is 0 Å². The van der Waals surface area contributed by atoms with Crippen molar-refractivity contribution in [2.24, 2.45) is 39.6 Å². The maximum absolute atomic E-state index is 12.7. The Morgan fingerprint density at radius 2 is 1.74 bits per heavy atom. The maximum atomic E-state index is 12.7. The molecule has 5 aliphatic rings. The first-order valence-corrected chi connectivity index (χ1v) is 13.9. The molecule has 0 N–H and O–H groups in total. The van der Waals surface area contributed by atoms with Gasteiger partial charge in [0.25, 0.3) is 0 Å². The SMILES string of the molecule is COC(=O)[C@H]1CC[C@]2(N=[N+]=[N-])[C@@H]3CC[C@@H]4C[C@@H](OC(=O)N5CCCCC5)CC[C@]4(C)[C@H]3CC[C@]12C. The van der Waals surface area contributed by atoms with E-state index in [1.165, 1.54) is 13.5 Å². The number of carbonyl (C=O) groups is 2. The largest absolute Gasteiger partial charge is 0.469 e. The minimum atomic E-state index is -0.519. The van der Waals surface area contributed by atoms with Crippen molar-refractivity contribution in [1.82, 2.24) is 4.90 Å². The van der Waals surface area contributed by atoms with E-state index < -0.39 is 5.54 Å². The van der Waals surface area contributed by atoms with Gasteiger partial charge in [0.15, 0.2) is 0 Å². The van der Waals surface area contributed by atoms with Crippen molar-refractivity contribution in [2.45, 2.75) is 103 Å². The zero-order chi connectivity index (χ0) is 24.8. The van der Waals surface area contributed by atoms with Crippen molar-refractivity contribution in [3.63, 3.8) is 0 Å². The molecule has 4 aliphatic carbocycles. The van der Waals surface area contributed by atoms with Gasteiger partial charge in [-0.1, -0.05) is 19.0 Å². The topological polar surface area (TPSA) is 105 Å². The van der Waals surface area contributed by atoms with Crippen molar-refractivity contribution < 1.29 is 19.1 Å². The quantitative estimate of drug-likeness (QED) is 0.204. The molecule has 0 unspecified atom stereocenters. The van der Waals surface area contributed by atoms with Crippen LogP contribution in [0.2, 0.25) is 0 Å². The molecule has 5 fully saturated rings. The molecule has 1 aliphatic heterocycles. The molecule has 194 valence electrons. The normalized spacial score (nSPS) is 44.8. The minimum absolute atomic E-state index is 0.00850. The number of methoxy groups -OCH3 is 1. The number of hydrogen-bond acceptors (Lipinski definition) is 5. The molecule has 0 aromatic heterocycles. The highest BCUT2D eigenvalue weighted by molar-refractivity contribution is 5.74. The number of piperidine rings is 1. The van der Waals surface area contributed by atoms with Crippen LogP contribution in [0.5, 0.6) is 0 Å². The second-order valence-electron chi connectivity index (χ2n) is 12.5. The van der Waals surface area contributed by atoms with E-state index in [2.05, 4.69) is 23.9 Å². The van der Waals surface area contributed by atoms with Gasteiger partial charge in [-0.05, 0) is 111 Å². The van der Waals surface area contributed by atoms with Crippen LogP contribution in [0, 0.1) is 34.5 Å². The summed E-state index contributed by atoms with van der Waals surface area (Å²) in [6, 6.07) is 0.